The summed E-state index contributed by atoms with van der Waals surface area (Å²) in [6.07, 6.45) is 6.15. The summed E-state index contributed by atoms with van der Waals surface area (Å²) in [6, 6.07) is 0. The lowest BCUT2D eigenvalue weighted by Crippen LogP contribution is -2.28. The van der Waals surface area contributed by atoms with Crippen LogP contribution in [0.5, 0.6) is 0 Å². The highest BCUT2D eigenvalue weighted by Crippen LogP contribution is 2.14. The van der Waals surface area contributed by atoms with Crippen molar-refractivity contribution in [2.75, 3.05) is 43.6 Å². The van der Waals surface area contributed by atoms with E-state index in [2.05, 4.69) is 30.2 Å². The van der Waals surface area contributed by atoms with E-state index in [1.165, 1.54) is 0 Å². The Hall–Kier alpha value is -2.22. The first-order valence-electron chi connectivity index (χ1n) is 6.61. The van der Waals surface area contributed by atoms with E-state index in [1.54, 1.807) is 24.1 Å². The first-order valence-corrected chi connectivity index (χ1v) is 6.61. The van der Waals surface area contributed by atoms with Gasteiger partial charge >= 0.3 is 0 Å². The van der Waals surface area contributed by atoms with Crippen LogP contribution in [0.4, 0.5) is 11.9 Å². The van der Waals surface area contributed by atoms with Gasteiger partial charge in [0.05, 0.1) is 6.61 Å². The first-order chi connectivity index (χ1) is 9.86. The van der Waals surface area contributed by atoms with Crippen LogP contribution < -0.4 is 10.2 Å². The summed E-state index contributed by atoms with van der Waals surface area (Å²) < 4.78 is 7.23. The van der Waals surface area contributed by atoms with Crippen LogP contribution in [0.1, 0.15) is 6.42 Å². The quantitative estimate of drug-likeness (QED) is 0.864. The van der Waals surface area contributed by atoms with Gasteiger partial charge in [0.2, 0.25) is 17.8 Å². The lowest BCUT2D eigenvalue weighted by Gasteiger charge is -2.20. The van der Waals surface area contributed by atoms with E-state index in [0.29, 0.717) is 24.5 Å². The number of ether oxygens (including phenoxy) is 1. The van der Waals surface area contributed by atoms with Crippen molar-refractivity contribution in [3.63, 3.8) is 0 Å². The Morgan fingerprint density at radius 2 is 2.05 bits per heavy atom. The highest BCUT2D eigenvalue weighted by atomic mass is 16.5. The molecule has 0 aromatic carbocycles. The summed E-state index contributed by atoms with van der Waals surface area (Å²) in [7, 11) is 1.79. The van der Waals surface area contributed by atoms with E-state index in [0.717, 1.165) is 26.1 Å². The summed E-state index contributed by atoms with van der Waals surface area (Å²) in [5.74, 6) is 1.77. The second-order valence-corrected chi connectivity index (χ2v) is 4.43. The molecule has 0 atom stereocenters. The van der Waals surface area contributed by atoms with Gasteiger partial charge in [0.15, 0.2) is 0 Å². The fourth-order valence-electron chi connectivity index (χ4n) is 2.05. The molecular weight excluding hydrogens is 258 g/mol. The molecule has 1 fully saturated rings. The van der Waals surface area contributed by atoms with Gasteiger partial charge in [0, 0.05) is 39.1 Å². The van der Waals surface area contributed by atoms with Crippen molar-refractivity contribution >= 4 is 11.9 Å². The molecule has 20 heavy (non-hydrogen) atoms. The molecule has 0 radical (unpaired) electrons. The third-order valence-corrected chi connectivity index (χ3v) is 3.08. The summed E-state index contributed by atoms with van der Waals surface area (Å²) in [6.45, 7) is 3.16. The maximum Gasteiger partial charge on any atom is 0.241 e. The average Bonchev–Trinajstić information content (AvgIpc) is 2.89. The monoisotopic (exact) mass is 275 g/mol. The molecule has 8 heteroatoms. The largest absolute Gasteiger partial charge is 0.380 e. The number of hydrogen-bond donors (Lipinski definition) is 1. The van der Waals surface area contributed by atoms with Crippen molar-refractivity contribution in [1.82, 2.24) is 24.5 Å². The minimum Gasteiger partial charge on any atom is -0.380 e. The average molecular weight is 275 g/mol. The number of imidazole rings is 1. The van der Waals surface area contributed by atoms with E-state index in [9.17, 15) is 0 Å². The highest BCUT2D eigenvalue weighted by molar-refractivity contribution is 5.40. The summed E-state index contributed by atoms with van der Waals surface area (Å²) >= 11 is 0. The Kier molecular flexibility index (Phi) is 3.73. The van der Waals surface area contributed by atoms with Crippen LogP contribution in [0, 0.1) is 0 Å². The molecule has 3 heterocycles. The molecule has 1 aliphatic rings. The van der Waals surface area contributed by atoms with Crippen molar-refractivity contribution in [2.24, 2.45) is 0 Å². The first kappa shape index (κ1) is 12.8. The molecule has 1 N–H and O–H groups in total. The number of rotatable bonds is 3. The molecule has 2 aromatic rings. The Morgan fingerprint density at radius 3 is 2.85 bits per heavy atom. The third-order valence-electron chi connectivity index (χ3n) is 3.08. The summed E-state index contributed by atoms with van der Waals surface area (Å²) in [4.78, 5) is 19.4. The van der Waals surface area contributed by atoms with E-state index < -0.39 is 0 Å². The standard InChI is InChI=1S/C12H17N7O/c1-13-10-15-11(18-4-2-7-20-8-6-18)17-12(16-10)19-5-3-14-9-19/h3,5,9H,2,4,6-8H2,1H3,(H,13,15,16,17). The van der Waals surface area contributed by atoms with Crippen LogP contribution in [0.2, 0.25) is 0 Å². The number of nitrogens with one attached hydrogen (secondary N) is 1. The van der Waals surface area contributed by atoms with Crippen molar-refractivity contribution in [1.29, 1.82) is 0 Å². The maximum absolute atomic E-state index is 5.46. The van der Waals surface area contributed by atoms with Gasteiger partial charge in [0.1, 0.15) is 6.33 Å². The van der Waals surface area contributed by atoms with Crippen LogP contribution in [0.25, 0.3) is 5.95 Å². The van der Waals surface area contributed by atoms with Crippen molar-refractivity contribution in [3.8, 4) is 5.95 Å². The zero-order valence-corrected chi connectivity index (χ0v) is 11.4. The lowest BCUT2D eigenvalue weighted by molar-refractivity contribution is 0.152. The molecule has 8 nitrogen and oxygen atoms in total. The SMILES string of the molecule is CNc1nc(N2CCCOCC2)nc(-n2ccnc2)n1. The number of aromatic nitrogens is 5. The highest BCUT2D eigenvalue weighted by Gasteiger charge is 2.15. The van der Waals surface area contributed by atoms with Gasteiger partial charge in [-0.3, -0.25) is 4.57 Å². The minimum absolute atomic E-state index is 0.545. The third kappa shape index (κ3) is 2.69. The smallest absolute Gasteiger partial charge is 0.241 e. The van der Waals surface area contributed by atoms with E-state index in [1.807, 2.05) is 6.20 Å². The molecule has 3 rings (SSSR count). The molecule has 0 spiro atoms. The van der Waals surface area contributed by atoms with Crippen LogP contribution in [0.3, 0.4) is 0 Å². The van der Waals surface area contributed by atoms with Gasteiger partial charge in [-0.25, -0.2) is 4.98 Å². The number of nitrogens with zero attached hydrogens (tertiary/aromatic N) is 6. The van der Waals surface area contributed by atoms with Crippen molar-refractivity contribution in [3.05, 3.63) is 18.7 Å². The van der Waals surface area contributed by atoms with Crippen molar-refractivity contribution < 1.29 is 4.74 Å². The fraction of sp³-hybridized carbons (Fsp3) is 0.500. The second-order valence-electron chi connectivity index (χ2n) is 4.43. The van der Waals surface area contributed by atoms with Crippen LogP contribution >= 0.6 is 0 Å². The zero-order chi connectivity index (χ0) is 13.8. The van der Waals surface area contributed by atoms with Crippen LogP contribution in [-0.4, -0.2) is 57.9 Å². The Morgan fingerprint density at radius 1 is 1.15 bits per heavy atom. The minimum atomic E-state index is 0.545. The maximum atomic E-state index is 5.46. The molecule has 1 saturated heterocycles. The van der Waals surface area contributed by atoms with Crippen LogP contribution in [-0.2, 0) is 4.74 Å². The van der Waals surface area contributed by atoms with Gasteiger partial charge in [-0.1, -0.05) is 0 Å². The predicted molar refractivity (Wildman–Crippen MR) is 74.1 cm³/mol. The molecule has 1 aliphatic heterocycles. The molecule has 0 aliphatic carbocycles. The van der Waals surface area contributed by atoms with E-state index >= 15 is 0 Å². The zero-order valence-electron chi connectivity index (χ0n) is 11.4. The number of hydrogen-bond acceptors (Lipinski definition) is 7. The predicted octanol–water partition coefficient (Wildman–Crippen LogP) is 0.326. The van der Waals surface area contributed by atoms with Crippen molar-refractivity contribution in [2.45, 2.75) is 6.42 Å². The van der Waals surface area contributed by atoms with Gasteiger partial charge in [0.25, 0.3) is 0 Å². The Bertz CT molecular complexity index is 549. The molecule has 2 aromatic heterocycles. The van der Waals surface area contributed by atoms with Gasteiger partial charge in [-0.2, -0.15) is 15.0 Å². The van der Waals surface area contributed by atoms with Gasteiger partial charge in [-0.15, -0.1) is 0 Å². The van der Waals surface area contributed by atoms with Gasteiger partial charge < -0.3 is 15.0 Å². The molecule has 0 bridgehead atoms. The molecule has 0 saturated carbocycles. The summed E-state index contributed by atoms with van der Waals surface area (Å²) in [5.41, 5.74) is 0. The topological polar surface area (TPSA) is 81.0 Å². The van der Waals surface area contributed by atoms with Crippen LogP contribution in [0.15, 0.2) is 18.7 Å². The second kappa shape index (κ2) is 5.83. The summed E-state index contributed by atoms with van der Waals surface area (Å²) in [5, 5.41) is 2.97. The Labute approximate surface area is 116 Å². The number of anilines is 2. The molecule has 0 unspecified atom stereocenters. The lowest BCUT2D eigenvalue weighted by atomic mass is 10.4. The molecule has 106 valence electrons. The van der Waals surface area contributed by atoms with Gasteiger partial charge in [-0.05, 0) is 6.42 Å². The Balaban J connectivity index is 1.95. The normalized spacial score (nSPS) is 15.9. The van der Waals surface area contributed by atoms with E-state index in [-0.39, 0.29) is 0 Å². The molecule has 0 amide bonds. The fourth-order valence-corrected chi connectivity index (χ4v) is 2.05. The molecular formula is C12H17N7O. The van der Waals surface area contributed by atoms with E-state index in [4.69, 9.17) is 4.74 Å².